The summed E-state index contributed by atoms with van der Waals surface area (Å²) in [7, 11) is 1.55. The van der Waals surface area contributed by atoms with Crippen LogP contribution in [0.25, 0.3) is 5.69 Å². The van der Waals surface area contributed by atoms with Crippen LogP contribution in [0.3, 0.4) is 0 Å². The van der Waals surface area contributed by atoms with Gasteiger partial charge >= 0.3 is 5.97 Å². The van der Waals surface area contributed by atoms with Gasteiger partial charge in [0.1, 0.15) is 29.9 Å². The maximum atomic E-state index is 13.9. The summed E-state index contributed by atoms with van der Waals surface area (Å²) in [6.45, 7) is 9.35. The van der Waals surface area contributed by atoms with Crippen molar-refractivity contribution in [2.45, 2.75) is 90.9 Å². The number of aliphatic carboxylic acids is 1. The Bertz CT molecular complexity index is 1790. The SMILES string of the molecule is CC[C@H](C)[C@H](NC(=O)[C@H](CC(C)C)NC(=O)[C@H](CCCN=C(N)N)NC(=O)c1cc(C)n(-c2cccc(OC)c2)n1)C(=O)N[C@@H](Cc1ccccc1)C(=O)O. The Kier molecular flexibility index (Phi) is 16.7. The van der Waals surface area contributed by atoms with E-state index in [1.165, 1.54) is 0 Å². The molecule has 0 fully saturated rings. The van der Waals surface area contributed by atoms with E-state index >= 15 is 0 Å². The number of aromatic nitrogens is 2. The zero-order chi connectivity index (χ0) is 40.7. The number of nitrogens with zero attached hydrogens (tertiary/aromatic N) is 3. The lowest BCUT2D eigenvalue weighted by Crippen LogP contribution is -2.59. The molecule has 9 N–H and O–H groups in total. The lowest BCUT2D eigenvalue weighted by Gasteiger charge is -2.29. The molecule has 0 radical (unpaired) electrons. The Labute approximate surface area is 321 Å². The summed E-state index contributed by atoms with van der Waals surface area (Å²) in [6.07, 6.45) is 1.19. The number of nitrogens with one attached hydrogen (secondary N) is 4. The zero-order valence-electron chi connectivity index (χ0n) is 32.4. The summed E-state index contributed by atoms with van der Waals surface area (Å²) in [5.41, 5.74) is 13.1. The topological polar surface area (TPSA) is 245 Å². The van der Waals surface area contributed by atoms with Gasteiger partial charge in [0.05, 0.1) is 12.8 Å². The molecule has 0 bridgehead atoms. The lowest BCUT2D eigenvalue weighted by molar-refractivity contribution is -0.142. The molecule has 0 aliphatic rings. The summed E-state index contributed by atoms with van der Waals surface area (Å²) >= 11 is 0. The van der Waals surface area contributed by atoms with Crippen LogP contribution in [0.5, 0.6) is 5.75 Å². The van der Waals surface area contributed by atoms with E-state index in [-0.39, 0.29) is 49.3 Å². The van der Waals surface area contributed by atoms with Crippen LogP contribution in [0, 0.1) is 18.8 Å². The predicted molar refractivity (Wildman–Crippen MR) is 209 cm³/mol. The number of guanidine groups is 1. The number of methoxy groups -OCH3 is 1. The minimum atomic E-state index is -1.24. The number of aliphatic imine (C=N–C) groups is 1. The van der Waals surface area contributed by atoms with Gasteiger partial charge in [-0.25, -0.2) is 9.48 Å². The van der Waals surface area contributed by atoms with Gasteiger partial charge in [0.2, 0.25) is 17.7 Å². The summed E-state index contributed by atoms with van der Waals surface area (Å²) in [5, 5.41) is 25.3. The van der Waals surface area contributed by atoms with Crippen LogP contribution in [0.15, 0.2) is 65.7 Å². The summed E-state index contributed by atoms with van der Waals surface area (Å²) in [5.74, 6) is -3.71. The number of carboxylic acid groups (broad SMARTS) is 1. The highest BCUT2D eigenvalue weighted by Crippen LogP contribution is 2.19. The molecule has 298 valence electrons. The number of amides is 4. The molecule has 3 aromatic rings. The fraction of sp³-hybridized carbons (Fsp3) is 0.462. The Balaban J connectivity index is 1.82. The number of benzene rings is 2. The van der Waals surface area contributed by atoms with Crippen LogP contribution in [0.1, 0.15) is 75.1 Å². The number of carbonyl (C=O) groups excluding carboxylic acids is 4. The summed E-state index contributed by atoms with van der Waals surface area (Å²) < 4.78 is 6.90. The Morgan fingerprint density at radius 2 is 1.55 bits per heavy atom. The van der Waals surface area contributed by atoms with Crippen LogP contribution in [-0.2, 0) is 25.6 Å². The number of hydrogen-bond donors (Lipinski definition) is 7. The first-order chi connectivity index (χ1) is 26.1. The van der Waals surface area contributed by atoms with Gasteiger partial charge < -0.3 is 42.6 Å². The third kappa shape index (κ3) is 13.5. The van der Waals surface area contributed by atoms with E-state index in [1.54, 1.807) is 74.2 Å². The van der Waals surface area contributed by atoms with Crippen molar-refractivity contribution in [1.29, 1.82) is 0 Å². The smallest absolute Gasteiger partial charge is 0.326 e. The molecular weight excluding hydrogens is 706 g/mol. The Morgan fingerprint density at radius 1 is 0.873 bits per heavy atom. The average Bonchev–Trinajstić information content (AvgIpc) is 3.55. The van der Waals surface area contributed by atoms with Crippen LogP contribution < -0.4 is 37.5 Å². The number of aryl methyl sites for hydroxylation is 1. The number of hydrogen-bond acceptors (Lipinski definition) is 8. The first-order valence-electron chi connectivity index (χ1n) is 18.4. The third-order valence-corrected chi connectivity index (χ3v) is 9.02. The van der Waals surface area contributed by atoms with E-state index in [2.05, 4.69) is 31.4 Å². The standard InChI is InChI=1S/C39H55N9O7/c1-7-24(4)33(37(52)45-32(38(53)54)21-26-13-9-8-10-14-26)46-35(50)30(19-23(2)3)44-34(49)29(17-12-18-42-39(40)41)43-36(51)31-20-25(5)48(47-31)27-15-11-16-28(22-27)55-6/h8-11,13-16,20,22-24,29-30,32-33H,7,12,17-19,21H2,1-6H3,(H,43,51)(H,44,49)(H,45,52)(H,46,50)(H,53,54)(H4,40,41,42)/t24-,29-,30-,32-,33-/m0/s1. The minimum absolute atomic E-state index is 0.0478. The van der Waals surface area contributed by atoms with Gasteiger partial charge in [-0.05, 0) is 61.8 Å². The van der Waals surface area contributed by atoms with Crippen LogP contribution in [0.4, 0.5) is 0 Å². The Hall–Kier alpha value is -5.93. The van der Waals surface area contributed by atoms with E-state index in [0.717, 1.165) is 5.56 Å². The van der Waals surface area contributed by atoms with Crippen LogP contribution >= 0.6 is 0 Å². The van der Waals surface area contributed by atoms with Gasteiger partial charge in [-0.3, -0.25) is 24.2 Å². The first-order valence-corrected chi connectivity index (χ1v) is 18.4. The summed E-state index contributed by atoms with van der Waals surface area (Å²) in [4.78, 5) is 71.1. The second kappa shape index (κ2) is 21.1. The molecule has 5 atom stereocenters. The van der Waals surface area contributed by atoms with E-state index in [9.17, 15) is 29.1 Å². The minimum Gasteiger partial charge on any atom is -0.497 e. The van der Waals surface area contributed by atoms with Gasteiger partial charge in [0.25, 0.3) is 5.91 Å². The maximum absolute atomic E-state index is 13.9. The molecule has 2 aromatic carbocycles. The van der Waals surface area contributed by atoms with Crippen molar-refractivity contribution in [2.75, 3.05) is 13.7 Å². The fourth-order valence-corrected chi connectivity index (χ4v) is 5.84. The van der Waals surface area contributed by atoms with Crippen molar-refractivity contribution in [3.8, 4) is 11.4 Å². The third-order valence-electron chi connectivity index (χ3n) is 9.02. The van der Waals surface area contributed by atoms with Gasteiger partial charge in [0.15, 0.2) is 11.7 Å². The van der Waals surface area contributed by atoms with Crippen molar-refractivity contribution in [1.82, 2.24) is 31.0 Å². The van der Waals surface area contributed by atoms with Crippen molar-refractivity contribution >= 4 is 35.6 Å². The molecule has 3 rings (SSSR count). The normalized spacial score (nSPS) is 13.7. The molecule has 16 nitrogen and oxygen atoms in total. The van der Waals surface area contributed by atoms with E-state index in [1.807, 2.05) is 32.9 Å². The molecule has 55 heavy (non-hydrogen) atoms. The second-order valence-corrected chi connectivity index (χ2v) is 13.9. The molecule has 0 saturated carbocycles. The highest BCUT2D eigenvalue weighted by molar-refractivity contribution is 5.98. The van der Waals surface area contributed by atoms with Crippen molar-refractivity contribution in [2.24, 2.45) is 28.3 Å². The van der Waals surface area contributed by atoms with Crippen molar-refractivity contribution in [3.05, 3.63) is 77.6 Å². The molecule has 0 spiro atoms. The average molecular weight is 762 g/mol. The van der Waals surface area contributed by atoms with Crippen LogP contribution in [0.2, 0.25) is 0 Å². The van der Waals surface area contributed by atoms with E-state index < -0.39 is 53.8 Å². The van der Waals surface area contributed by atoms with Crippen molar-refractivity contribution < 1.29 is 33.8 Å². The van der Waals surface area contributed by atoms with Crippen molar-refractivity contribution in [3.63, 3.8) is 0 Å². The fourth-order valence-electron chi connectivity index (χ4n) is 5.84. The molecule has 16 heteroatoms. The lowest BCUT2D eigenvalue weighted by atomic mass is 9.96. The Morgan fingerprint density at radius 3 is 2.16 bits per heavy atom. The second-order valence-electron chi connectivity index (χ2n) is 13.9. The maximum Gasteiger partial charge on any atom is 0.326 e. The van der Waals surface area contributed by atoms with Gasteiger partial charge in [-0.15, -0.1) is 0 Å². The molecule has 1 aromatic heterocycles. The largest absolute Gasteiger partial charge is 0.497 e. The highest BCUT2D eigenvalue weighted by atomic mass is 16.5. The molecule has 4 amide bonds. The van der Waals surface area contributed by atoms with Gasteiger partial charge in [-0.1, -0.05) is 70.5 Å². The predicted octanol–water partition coefficient (Wildman–Crippen LogP) is 2.22. The number of ether oxygens (including phenoxy) is 1. The van der Waals surface area contributed by atoms with E-state index in [0.29, 0.717) is 30.0 Å². The quantitative estimate of drug-likeness (QED) is 0.0474. The number of carboxylic acids is 1. The number of nitrogens with two attached hydrogens (primary N) is 2. The van der Waals surface area contributed by atoms with E-state index in [4.69, 9.17) is 16.2 Å². The molecule has 0 unspecified atom stereocenters. The molecule has 0 aliphatic carbocycles. The van der Waals surface area contributed by atoms with Gasteiger partial charge in [0, 0.05) is 24.7 Å². The molecule has 1 heterocycles. The highest BCUT2D eigenvalue weighted by Gasteiger charge is 2.34. The molecule has 0 aliphatic heterocycles. The summed E-state index contributed by atoms with van der Waals surface area (Å²) in [6, 6.07) is 13.1. The first kappa shape index (κ1) is 43.5. The number of carbonyl (C=O) groups is 5. The van der Waals surface area contributed by atoms with Crippen LogP contribution in [-0.4, -0.2) is 88.3 Å². The zero-order valence-corrected chi connectivity index (χ0v) is 32.4. The van der Waals surface area contributed by atoms with Gasteiger partial charge in [-0.2, -0.15) is 5.10 Å². The monoisotopic (exact) mass is 761 g/mol. The molecular formula is C39H55N9O7. The molecule has 0 saturated heterocycles. The number of rotatable bonds is 21.